The summed E-state index contributed by atoms with van der Waals surface area (Å²) in [6, 6.07) is -0.750. The van der Waals surface area contributed by atoms with Crippen molar-refractivity contribution < 1.29 is 29.3 Å². The Morgan fingerprint density at radius 3 is 2.58 bits per heavy atom. The van der Waals surface area contributed by atoms with Crippen molar-refractivity contribution >= 4 is 28.7 Å². The predicted molar refractivity (Wildman–Crippen MR) is 110 cm³/mol. The summed E-state index contributed by atoms with van der Waals surface area (Å²) in [4.78, 5) is 32.1. The number of aliphatic hydroxyl groups is 2. The summed E-state index contributed by atoms with van der Waals surface area (Å²) in [5.41, 5.74) is 17.5. The van der Waals surface area contributed by atoms with Crippen LogP contribution in [0.25, 0.3) is 11.0 Å². The summed E-state index contributed by atoms with van der Waals surface area (Å²) in [6.07, 6.45) is -3.02. The maximum Gasteiger partial charge on any atom is 0.323 e. The largest absolute Gasteiger partial charge is 0.464 e. The zero-order valence-corrected chi connectivity index (χ0v) is 17.6. The van der Waals surface area contributed by atoms with E-state index in [9.17, 15) is 19.8 Å². The lowest BCUT2D eigenvalue weighted by Crippen LogP contribution is -2.38. The molecule has 8 N–H and O–H groups in total. The summed E-state index contributed by atoms with van der Waals surface area (Å²) in [5.74, 6) is -0.969. The summed E-state index contributed by atoms with van der Waals surface area (Å²) in [5, 5.41) is 21.3. The van der Waals surface area contributed by atoms with Gasteiger partial charge in [0.1, 0.15) is 35.5 Å². The molecule has 2 aromatic rings. The van der Waals surface area contributed by atoms with Crippen LogP contribution in [0.1, 0.15) is 42.7 Å². The van der Waals surface area contributed by atoms with E-state index in [0.29, 0.717) is 5.82 Å². The normalized spacial score (nSPS) is 24.6. The van der Waals surface area contributed by atoms with Crippen molar-refractivity contribution in [1.82, 2.24) is 14.5 Å². The number of rotatable bonds is 7. The maximum absolute atomic E-state index is 11.9. The number of amides is 1. The van der Waals surface area contributed by atoms with Gasteiger partial charge in [0, 0.05) is 12.6 Å². The van der Waals surface area contributed by atoms with Crippen LogP contribution in [0.15, 0.2) is 6.20 Å². The molecule has 2 aromatic heterocycles. The Hall–Kier alpha value is -2.80. The number of aromatic nitrogens is 3. The molecule has 0 spiro atoms. The highest BCUT2D eigenvalue weighted by molar-refractivity contribution is 6.08. The fraction of sp³-hybridized carbons (Fsp3) is 0.579. The van der Waals surface area contributed by atoms with Gasteiger partial charge in [-0.05, 0) is 12.8 Å². The van der Waals surface area contributed by atoms with E-state index in [1.54, 1.807) is 20.8 Å². The van der Waals surface area contributed by atoms with Gasteiger partial charge in [-0.15, -0.1) is 0 Å². The topological polar surface area (TPSA) is 202 Å². The lowest BCUT2D eigenvalue weighted by Gasteiger charge is -2.18. The first-order chi connectivity index (χ1) is 14.5. The molecule has 0 aromatic carbocycles. The molecule has 1 fully saturated rings. The number of hydrogen-bond acceptors (Lipinski definition) is 10. The summed E-state index contributed by atoms with van der Waals surface area (Å²) in [6.45, 7) is 5.18. The third kappa shape index (κ3) is 4.32. The number of carbonyl (C=O) groups excluding carboxylic acids is 2. The molecule has 0 radical (unpaired) electrons. The van der Waals surface area contributed by atoms with Gasteiger partial charge in [-0.2, -0.15) is 0 Å². The summed E-state index contributed by atoms with van der Waals surface area (Å²) < 4.78 is 12.4. The number of esters is 1. The molecule has 0 unspecified atom stereocenters. The van der Waals surface area contributed by atoms with Gasteiger partial charge in [0.25, 0.3) is 5.91 Å². The number of aliphatic hydroxyl groups excluding tert-OH is 2. The van der Waals surface area contributed by atoms with Crippen LogP contribution in [0.3, 0.4) is 0 Å². The Morgan fingerprint density at radius 1 is 1.29 bits per heavy atom. The van der Waals surface area contributed by atoms with E-state index in [0.717, 1.165) is 0 Å². The molecule has 1 saturated heterocycles. The van der Waals surface area contributed by atoms with Gasteiger partial charge in [0.15, 0.2) is 6.23 Å². The average Bonchev–Trinajstić information content (AvgIpc) is 3.20. The molecule has 0 aliphatic carbocycles. The number of ether oxygens (including phenoxy) is 2. The van der Waals surface area contributed by atoms with Crippen LogP contribution in [0.5, 0.6) is 0 Å². The van der Waals surface area contributed by atoms with Crippen LogP contribution < -0.4 is 17.2 Å². The van der Waals surface area contributed by atoms with E-state index in [4.69, 9.17) is 26.7 Å². The number of carbonyl (C=O) groups is 2. The van der Waals surface area contributed by atoms with E-state index in [1.165, 1.54) is 10.8 Å². The van der Waals surface area contributed by atoms with Gasteiger partial charge in [-0.1, -0.05) is 13.8 Å². The molecule has 1 aliphatic rings. The quantitative estimate of drug-likeness (QED) is 0.333. The Kier molecular flexibility index (Phi) is 6.46. The number of hydrogen-bond donors (Lipinski definition) is 5. The van der Waals surface area contributed by atoms with Crippen molar-refractivity contribution in [3.63, 3.8) is 0 Å². The highest BCUT2D eigenvalue weighted by Crippen LogP contribution is 2.35. The zero-order valence-electron chi connectivity index (χ0n) is 17.6. The van der Waals surface area contributed by atoms with Gasteiger partial charge in [0.2, 0.25) is 0 Å². The molecular formula is C19H28N6O6. The van der Waals surface area contributed by atoms with Crippen LogP contribution >= 0.6 is 0 Å². The van der Waals surface area contributed by atoms with Gasteiger partial charge in [-0.3, -0.25) is 9.59 Å². The van der Waals surface area contributed by atoms with Crippen LogP contribution in [0, 0.1) is 12.8 Å². The van der Waals surface area contributed by atoms with Gasteiger partial charge < -0.3 is 41.5 Å². The zero-order chi connectivity index (χ0) is 23.0. The molecule has 0 saturated carbocycles. The molecular weight excluding hydrogens is 408 g/mol. The molecule has 3 heterocycles. The predicted octanol–water partition coefficient (Wildman–Crippen LogP) is -1.04. The molecule has 31 heavy (non-hydrogen) atoms. The second kappa shape index (κ2) is 8.75. The number of nitrogens with zero attached hydrogens (tertiary/aromatic N) is 3. The minimum atomic E-state index is -1.34. The molecule has 170 valence electrons. The SMILES string of the molecule is Cc1nc(N)c2c(C(N)=O)cn([C@@H]3O[C@H](CCOC(=O)[C@@H](N)C(C)C)[C@@H](O)[C@H]3O)c2n1. The minimum Gasteiger partial charge on any atom is -0.464 e. The lowest BCUT2D eigenvalue weighted by atomic mass is 10.1. The highest BCUT2D eigenvalue weighted by atomic mass is 16.6. The Bertz CT molecular complexity index is 992. The van der Waals surface area contributed by atoms with Crippen molar-refractivity contribution in [3.05, 3.63) is 17.6 Å². The van der Waals surface area contributed by atoms with Crippen LogP contribution in [0.4, 0.5) is 5.82 Å². The summed E-state index contributed by atoms with van der Waals surface area (Å²) in [7, 11) is 0. The molecule has 5 atom stereocenters. The third-order valence-corrected chi connectivity index (χ3v) is 5.33. The average molecular weight is 436 g/mol. The number of anilines is 1. The third-order valence-electron chi connectivity index (χ3n) is 5.33. The minimum absolute atomic E-state index is 0.0480. The van der Waals surface area contributed by atoms with E-state index in [1.807, 2.05) is 0 Å². The van der Waals surface area contributed by atoms with E-state index < -0.39 is 42.5 Å². The van der Waals surface area contributed by atoms with Crippen molar-refractivity contribution in [2.75, 3.05) is 12.3 Å². The highest BCUT2D eigenvalue weighted by Gasteiger charge is 2.44. The maximum atomic E-state index is 11.9. The summed E-state index contributed by atoms with van der Waals surface area (Å²) >= 11 is 0. The standard InChI is InChI=1S/C19H28N6O6/c1-7(2)12(20)19(29)30-5-4-10-13(26)14(27)18(31-10)25-6-9(16(22)28)11-15(21)23-8(3)24-17(11)25/h6-7,10,12-14,18,26-27H,4-5,20H2,1-3H3,(H2,22,28)(H2,21,23,24)/t10-,12+,13-,14-,18-/m1/s1. The molecule has 12 nitrogen and oxygen atoms in total. The molecule has 1 aliphatic heterocycles. The van der Waals surface area contributed by atoms with Crippen LogP contribution in [-0.2, 0) is 14.3 Å². The first-order valence-corrected chi connectivity index (χ1v) is 9.91. The van der Waals surface area contributed by atoms with E-state index in [2.05, 4.69) is 9.97 Å². The first kappa shape index (κ1) is 22.9. The van der Waals surface area contributed by atoms with Crippen molar-refractivity contribution in [2.45, 2.75) is 57.8 Å². The van der Waals surface area contributed by atoms with Crippen molar-refractivity contribution in [1.29, 1.82) is 0 Å². The van der Waals surface area contributed by atoms with E-state index in [-0.39, 0.29) is 41.4 Å². The number of fused-ring (bicyclic) bond motifs is 1. The van der Waals surface area contributed by atoms with Gasteiger partial charge in [-0.25, -0.2) is 9.97 Å². The first-order valence-electron chi connectivity index (χ1n) is 9.91. The molecule has 1 amide bonds. The molecule has 3 rings (SSSR count). The number of primary amides is 1. The van der Waals surface area contributed by atoms with Crippen LogP contribution in [-0.4, -0.2) is 67.6 Å². The Morgan fingerprint density at radius 2 is 1.97 bits per heavy atom. The monoisotopic (exact) mass is 436 g/mol. The van der Waals surface area contributed by atoms with E-state index >= 15 is 0 Å². The smallest absolute Gasteiger partial charge is 0.323 e. The van der Waals surface area contributed by atoms with Crippen molar-refractivity contribution in [3.8, 4) is 0 Å². The Balaban J connectivity index is 1.81. The number of nitrogen functional groups attached to an aromatic ring is 1. The van der Waals surface area contributed by atoms with Crippen molar-refractivity contribution in [2.24, 2.45) is 17.4 Å². The van der Waals surface area contributed by atoms with Gasteiger partial charge >= 0.3 is 5.97 Å². The lowest BCUT2D eigenvalue weighted by molar-refractivity contribution is -0.147. The number of aryl methyl sites for hydroxylation is 1. The molecule has 12 heteroatoms. The Labute approximate surface area is 178 Å². The fourth-order valence-corrected chi connectivity index (χ4v) is 3.51. The van der Waals surface area contributed by atoms with Crippen LogP contribution in [0.2, 0.25) is 0 Å². The second-order valence-corrected chi connectivity index (χ2v) is 7.94. The van der Waals surface area contributed by atoms with Gasteiger partial charge in [0.05, 0.1) is 23.7 Å². The number of nitrogens with two attached hydrogens (primary N) is 3. The molecule has 0 bridgehead atoms. The fourth-order valence-electron chi connectivity index (χ4n) is 3.51. The second-order valence-electron chi connectivity index (χ2n) is 7.94.